The van der Waals surface area contributed by atoms with Gasteiger partial charge in [0, 0.05) is 36.6 Å². The topological polar surface area (TPSA) is 68.5 Å². The first kappa shape index (κ1) is 17.0. The lowest BCUT2D eigenvalue weighted by Crippen LogP contribution is -2.34. The summed E-state index contributed by atoms with van der Waals surface area (Å²) in [7, 11) is 0. The molecule has 0 aliphatic carbocycles. The Hall–Kier alpha value is -3.48. The van der Waals surface area contributed by atoms with Crippen LogP contribution in [0.1, 0.15) is 17.5 Å². The third-order valence-electron chi connectivity index (χ3n) is 4.32. The zero-order chi connectivity index (χ0) is 18.6. The minimum absolute atomic E-state index is 0.246. The summed E-state index contributed by atoms with van der Waals surface area (Å²) in [4.78, 5) is 21.6. The number of amides is 1. The van der Waals surface area contributed by atoms with Gasteiger partial charge in [-0.1, -0.05) is 29.4 Å². The highest BCUT2D eigenvalue weighted by atomic mass is 19.1. The standard InChI is InChI=1S/C20H17FN4O2/c21-16-3-1-2-15(10-16)18-11-19(27-24-18)20(26)23-12-14-4-6-17(7-5-14)25-9-8-22-13-25/h1-10,13,19H,11-12H2,(H,23,26). The van der Waals surface area contributed by atoms with E-state index >= 15 is 0 Å². The monoisotopic (exact) mass is 364 g/mol. The van der Waals surface area contributed by atoms with Crippen LogP contribution in [0.4, 0.5) is 4.39 Å². The zero-order valence-electron chi connectivity index (χ0n) is 14.4. The highest BCUT2D eigenvalue weighted by Gasteiger charge is 2.28. The van der Waals surface area contributed by atoms with Gasteiger partial charge in [0.2, 0.25) is 6.10 Å². The molecule has 0 radical (unpaired) electrons. The van der Waals surface area contributed by atoms with Crippen molar-refractivity contribution in [1.29, 1.82) is 0 Å². The molecule has 1 N–H and O–H groups in total. The summed E-state index contributed by atoms with van der Waals surface area (Å²) in [5, 5.41) is 6.77. The maximum atomic E-state index is 13.3. The summed E-state index contributed by atoms with van der Waals surface area (Å²) in [6, 6.07) is 13.9. The molecule has 0 fully saturated rings. The molecular weight excluding hydrogens is 347 g/mol. The molecule has 7 heteroatoms. The van der Waals surface area contributed by atoms with E-state index in [2.05, 4.69) is 15.5 Å². The van der Waals surface area contributed by atoms with Gasteiger partial charge in [-0.3, -0.25) is 4.79 Å². The number of aromatic nitrogens is 2. The Morgan fingerprint density at radius 3 is 2.85 bits per heavy atom. The lowest BCUT2D eigenvalue weighted by atomic mass is 10.0. The molecule has 1 aliphatic rings. The van der Waals surface area contributed by atoms with Gasteiger partial charge in [-0.05, 0) is 29.8 Å². The minimum atomic E-state index is -0.700. The van der Waals surface area contributed by atoms with Gasteiger partial charge in [-0.25, -0.2) is 9.37 Å². The number of oxime groups is 1. The van der Waals surface area contributed by atoms with Crippen molar-refractivity contribution < 1.29 is 14.0 Å². The number of halogens is 1. The molecule has 0 bridgehead atoms. The lowest BCUT2D eigenvalue weighted by Gasteiger charge is -2.10. The molecule has 2 heterocycles. The van der Waals surface area contributed by atoms with Gasteiger partial charge >= 0.3 is 0 Å². The first-order chi connectivity index (χ1) is 13.2. The van der Waals surface area contributed by atoms with E-state index in [1.165, 1.54) is 12.1 Å². The highest BCUT2D eigenvalue weighted by Crippen LogP contribution is 2.18. The molecule has 0 saturated carbocycles. The SMILES string of the molecule is O=C(NCc1ccc(-n2ccnc2)cc1)C1CC(c2cccc(F)c2)=NO1. The summed E-state index contributed by atoms with van der Waals surface area (Å²) < 4.78 is 15.2. The molecule has 1 amide bonds. The van der Waals surface area contributed by atoms with E-state index in [0.29, 0.717) is 24.2 Å². The number of carbonyl (C=O) groups excluding carboxylic acids is 1. The molecule has 0 spiro atoms. The third-order valence-corrected chi connectivity index (χ3v) is 4.32. The molecule has 6 nitrogen and oxygen atoms in total. The molecule has 136 valence electrons. The van der Waals surface area contributed by atoms with Crippen LogP contribution in [-0.2, 0) is 16.2 Å². The zero-order valence-corrected chi connectivity index (χ0v) is 14.4. The molecule has 1 aromatic heterocycles. The summed E-state index contributed by atoms with van der Waals surface area (Å²) in [6.07, 6.45) is 4.92. The number of hydrogen-bond donors (Lipinski definition) is 1. The number of benzene rings is 2. The first-order valence-corrected chi connectivity index (χ1v) is 8.53. The normalized spacial score (nSPS) is 15.9. The molecule has 0 saturated heterocycles. The average Bonchev–Trinajstić information content (AvgIpc) is 3.38. The Morgan fingerprint density at radius 2 is 2.11 bits per heavy atom. The number of imidazole rings is 1. The largest absolute Gasteiger partial charge is 0.382 e. The van der Waals surface area contributed by atoms with E-state index in [1.54, 1.807) is 24.7 Å². The Morgan fingerprint density at radius 1 is 1.26 bits per heavy atom. The van der Waals surface area contributed by atoms with Crippen molar-refractivity contribution >= 4 is 11.6 Å². The van der Waals surface area contributed by atoms with Crippen LogP contribution >= 0.6 is 0 Å². The van der Waals surface area contributed by atoms with Gasteiger partial charge in [-0.2, -0.15) is 0 Å². The Labute approximate surface area is 155 Å². The summed E-state index contributed by atoms with van der Waals surface area (Å²) in [5.41, 5.74) is 3.16. The lowest BCUT2D eigenvalue weighted by molar-refractivity contribution is -0.131. The number of hydrogen-bond acceptors (Lipinski definition) is 4. The molecule has 27 heavy (non-hydrogen) atoms. The van der Waals surface area contributed by atoms with Crippen molar-refractivity contribution in [3.8, 4) is 5.69 Å². The molecule has 3 aromatic rings. The van der Waals surface area contributed by atoms with E-state index in [4.69, 9.17) is 4.84 Å². The van der Waals surface area contributed by atoms with Crippen molar-refractivity contribution in [2.45, 2.75) is 19.1 Å². The van der Waals surface area contributed by atoms with Crippen LogP contribution < -0.4 is 5.32 Å². The van der Waals surface area contributed by atoms with E-state index in [0.717, 1.165) is 11.3 Å². The number of nitrogens with one attached hydrogen (secondary N) is 1. The summed E-state index contributed by atoms with van der Waals surface area (Å²) in [6.45, 7) is 0.387. The maximum Gasteiger partial charge on any atom is 0.264 e. The molecule has 1 unspecified atom stereocenters. The number of nitrogens with zero attached hydrogens (tertiary/aromatic N) is 3. The van der Waals surface area contributed by atoms with Crippen LogP contribution in [0.25, 0.3) is 5.69 Å². The second-order valence-electron chi connectivity index (χ2n) is 6.20. The van der Waals surface area contributed by atoms with E-state index in [9.17, 15) is 9.18 Å². The van der Waals surface area contributed by atoms with E-state index in [1.807, 2.05) is 35.0 Å². The van der Waals surface area contributed by atoms with Gasteiger partial charge in [0.25, 0.3) is 5.91 Å². The molecule has 2 aromatic carbocycles. The second-order valence-corrected chi connectivity index (χ2v) is 6.20. The first-order valence-electron chi connectivity index (χ1n) is 8.53. The average molecular weight is 364 g/mol. The predicted molar refractivity (Wildman–Crippen MR) is 97.8 cm³/mol. The number of carbonyl (C=O) groups is 1. The highest BCUT2D eigenvalue weighted by molar-refractivity contribution is 6.04. The van der Waals surface area contributed by atoms with E-state index in [-0.39, 0.29) is 11.7 Å². The summed E-state index contributed by atoms with van der Waals surface area (Å²) in [5.74, 6) is -0.592. The predicted octanol–water partition coefficient (Wildman–Crippen LogP) is 2.82. The second kappa shape index (κ2) is 7.41. The van der Waals surface area contributed by atoms with Crippen molar-refractivity contribution in [3.63, 3.8) is 0 Å². The van der Waals surface area contributed by atoms with Gasteiger partial charge < -0.3 is 14.7 Å². The maximum absolute atomic E-state index is 13.3. The molecule has 4 rings (SSSR count). The van der Waals surface area contributed by atoms with Crippen molar-refractivity contribution in [1.82, 2.24) is 14.9 Å². The van der Waals surface area contributed by atoms with Crippen LogP contribution in [0.5, 0.6) is 0 Å². The third kappa shape index (κ3) is 3.87. The summed E-state index contributed by atoms with van der Waals surface area (Å²) >= 11 is 0. The molecule has 1 aliphatic heterocycles. The van der Waals surface area contributed by atoms with Crippen LogP contribution in [-0.4, -0.2) is 27.3 Å². The number of rotatable bonds is 5. The van der Waals surface area contributed by atoms with Gasteiger partial charge in [0.15, 0.2) is 0 Å². The molecular formula is C20H17FN4O2. The Balaban J connectivity index is 1.31. The van der Waals surface area contributed by atoms with Crippen molar-refractivity contribution in [2.75, 3.05) is 0 Å². The van der Waals surface area contributed by atoms with Crippen LogP contribution in [0.3, 0.4) is 0 Å². The van der Waals surface area contributed by atoms with Gasteiger partial charge in [-0.15, -0.1) is 0 Å². The van der Waals surface area contributed by atoms with Gasteiger partial charge in [0.1, 0.15) is 5.82 Å². The quantitative estimate of drug-likeness (QED) is 0.757. The fourth-order valence-corrected chi connectivity index (χ4v) is 2.86. The Kier molecular flexibility index (Phi) is 4.65. The fourth-order valence-electron chi connectivity index (χ4n) is 2.86. The minimum Gasteiger partial charge on any atom is -0.382 e. The van der Waals surface area contributed by atoms with Crippen LogP contribution in [0.15, 0.2) is 72.4 Å². The van der Waals surface area contributed by atoms with Crippen molar-refractivity contribution in [3.05, 3.63) is 84.2 Å². The smallest absolute Gasteiger partial charge is 0.264 e. The van der Waals surface area contributed by atoms with E-state index < -0.39 is 6.10 Å². The van der Waals surface area contributed by atoms with Crippen LogP contribution in [0.2, 0.25) is 0 Å². The fraction of sp³-hybridized carbons (Fsp3) is 0.150. The van der Waals surface area contributed by atoms with Crippen molar-refractivity contribution in [2.24, 2.45) is 5.16 Å². The Bertz CT molecular complexity index is 968. The van der Waals surface area contributed by atoms with Gasteiger partial charge in [0.05, 0.1) is 12.0 Å². The molecule has 1 atom stereocenters. The van der Waals surface area contributed by atoms with Crippen LogP contribution in [0, 0.1) is 5.82 Å².